The van der Waals surface area contributed by atoms with Crippen LogP contribution in [-0.4, -0.2) is 0 Å². The average molecular weight is 120 g/mol. The highest BCUT2D eigenvalue weighted by molar-refractivity contribution is 5.26. The van der Waals surface area contributed by atoms with E-state index >= 15 is 0 Å². The molecule has 0 heterocycles. The van der Waals surface area contributed by atoms with Gasteiger partial charge >= 0.3 is 0 Å². The summed E-state index contributed by atoms with van der Waals surface area (Å²) in [4.78, 5) is 0. The van der Waals surface area contributed by atoms with E-state index in [1.54, 1.807) is 0 Å². The molecule has 0 aromatic heterocycles. The van der Waals surface area contributed by atoms with Gasteiger partial charge in [0.25, 0.3) is 0 Å². The van der Waals surface area contributed by atoms with Gasteiger partial charge in [0.2, 0.25) is 0 Å². The van der Waals surface area contributed by atoms with Gasteiger partial charge in [0, 0.05) is 0 Å². The van der Waals surface area contributed by atoms with Crippen LogP contribution in [0.15, 0.2) is 12.2 Å². The minimum absolute atomic E-state index is 0.760. The van der Waals surface area contributed by atoms with Crippen LogP contribution < -0.4 is 0 Å². The SMILES string of the molecule is C1=CC2(CC2)CC12CC2. The van der Waals surface area contributed by atoms with Crippen molar-refractivity contribution in [3.8, 4) is 0 Å². The Balaban J connectivity index is 1.96. The molecule has 3 rings (SSSR count). The summed E-state index contributed by atoms with van der Waals surface area (Å²) in [7, 11) is 0. The average Bonchev–Trinajstić information content (AvgIpc) is 2.62. The predicted octanol–water partition coefficient (Wildman–Crippen LogP) is 2.51. The monoisotopic (exact) mass is 120 g/mol. The Morgan fingerprint density at radius 1 is 0.778 bits per heavy atom. The van der Waals surface area contributed by atoms with E-state index in [0.29, 0.717) is 0 Å². The number of hydrogen-bond acceptors (Lipinski definition) is 0. The molecule has 0 heteroatoms. The topological polar surface area (TPSA) is 0 Å². The molecule has 0 amide bonds. The predicted molar refractivity (Wildman–Crippen MR) is 37.1 cm³/mol. The Morgan fingerprint density at radius 2 is 1.22 bits per heavy atom. The lowest BCUT2D eigenvalue weighted by Crippen LogP contribution is -1.95. The van der Waals surface area contributed by atoms with Gasteiger partial charge in [0.05, 0.1) is 0 Å². The fourth-order valence-corrected chi connectivity index (χ4v) is 2.18. The number of allylic oxidation sites excluding steroid dienone is 2. The van der Waals surface area contributed by atoms with Crippen LogP contribution >= 0.6 is 0 Å². The summed E-state index contributed by atoms with van der Waals surface area (Å²) in [5, 5.41) is 0. The summed E-state index contributed by atoms with van der Waals surface area (Å²) in [5.74, 6) is 0. The lowest BCUT2D eigenvalue weighted by atomic mass is 9.99. The van der Waals surface area contributed by atoms with Crippen molar-refractivity contribution in [2.24, 2.45) is 10.8 Å². The zero-order valence-electron chi connectivity index (χ0n) is 5.69. The van der Waals surface area contributed by atoms with E-state index in [4.69, 9.17) is 0 Å². The van der Waals surface area contributed by atoms with Crippen molar-refractivity contribution >= 4 is 0 Å². The molecule has 3 aliphatic rings. The van der Waals surface area contributed by atoms with Crippen LogP contribution in [0.25, 0.3) is 0 Å². The normalized spacial score (nSPS) is 38.2. The fraction of sp³-hybridized carbons (Fsp3) is 0.778. The Hall–Kier alpha value is -0.260. The van der Waals surface area contributed by atoms with Crippen molar-refractivity contribution in [1.82, 2.24) is 0 Å². The van der Waals surface area contributed by atoms with Crippen molar-refractivity contribution < 1.29 is 0 Å². The zero-order valence-corrected chi connectivity index (χ0v) is 5.69. The van der Waals surface area contributed by atoms with Gasteiger partial charge in [-0.25, -0.2) is 0 Å². The van der Waals surface area contributed by atoms with Crippen molar-refractivity contribution in [3.05, 3.63) is 12.2 Å². The van der Waals surface area contributed by atoms with Gasteiger partial charge in [-0.2, -0.15) is 0 Å². The van der Waals surface area contributed by atoms with E-state index in [9.17, 15) is 0 Å². The first kappa shape index (κ1) is 4.54. The van der Waals surface area contributed by atoms with Crippen molar-refractivity contribution in [1.29, 1.82) is 0 Å². The molecule has 9 heavy (non-hydrogen) atoms. The van der Waals surface area contributed by atoms with Gasteiger partial charge in [0.15, 0.2) is 0 Å². The minimum atomic E-state index is 0.760. The second-order valence-electron chi connectivity index (χ2n) is 4.23. The van der Waals surface area contributed by atoms with Crippen LogP contribution in [0, 0.1) is 10.8 Å². The lowest BCUT2D eigenvalue weighted by Gasteiger charge is -2.04. The second kappa shape index (κ2) is 1.00. The van der Waals surface area contributed by atoms with E-state index in [2.05, 4.69) is 12.2 Å². The Labute approximate surface area is 56.0 Å². The summed E-state index contributed by atoms with van der Waals surface area (Å²) in [5.41, 5.74) is 1.52. The minimum Gasteiger partial charge on any atom is -0.0817 e. The Bertz CT molecular complexity index is 160. The molecule has 0 aromatic carbocycles. The molecule has 2 fully saturated rings. The Kier molecular flexibility index (Phi) is 0.505. The quantitative estimate of drug-likeness (QED) is 0.431. The molecule has 2 saturated carbocycles. The fourth-order valence-electron chi connectivity index (χ4n) is 2.18. The summed E-state index contributed by atoms with van der Waals surface area (Å²) in [6, 6.07) is 0. The van der Waals surface area contributed by atoms with Crippen molar-refractivity contribution in [2.45, 2.75) is 32.1 Å². The molecule has 0 aliphatic heterocycles. The van der Waals surface area contributed by atoms with Gasteiger partial charge in [0.1, 0.15) is 0 Å². The molecule has 3 aliphatic carbocycles. The van der Waals surface area contributed by atoms with E-state index in [1.807, 2.05) is 0 Å². The first-order chi connectivity index (χ1) is 4.33. The molecule has 0 unspecified atom stereocenters. The lowest BCUT2D eigenvalue weighted by molar-refractivity contribution is 0.501. The number of hydrogen-bond donors (Lipinski definition) is 0. The summed E-state index contributed by atoms with van der Waals surface area (Å²) in [6.07, 6.45) is 12.5. The van der Waals surface area contributed by atoms with Crippen molar-refractivity contribution in [2.75, 3.05) is 0 Å². The maximum absolute atomic E-state index is 2.50. The highest BCUT2D eigenvalue weighted by Crippen LogP contribution is 2.67. The van der Waals surface area contributed by atoms with Crippen LogP contribution in [0.4, 0.5) is 0 Å². The molecule has 0 N–H and O–H groups in total. The molecular weight excluding hydrogens is 108 g/mol. The molecule has 48 valence electrons. The smallest absolute Gasteiger partial charge is 0.0109 e. The summed E-state index contributed by atoms with van der Waals surface area (Å²) >= 11 is 0. The molecular formula is C9H12. The maximum Gasteiger partial charge on any atom is -0.0109 e. The molecule has 0 radical (unpaired) electrons. The van der Waals surface area contributed by atoms with Gasteiger partial charge < -0.3 is 0 Å². The van der Waals surface area contributed by atoms with E-state index in [1.165, 1.54) is 32.1 Å². The highest BCUT2D eigenvalue weighted by Gasteiger charge is 2.55. The van der Waals surface area contributed by atoms with Crippen LogP contribution in [0.2, 0.25) is 0 Å². The maximum atomic E-state index is 2.50. The summed E-state index contributed by atoms with van der Waals surface area (Å²) in [6.45, 7) is 0. The molecule has 0 saturated heterocycles. The Morgan fingerprint density at radius 3 is 1.44 bits per heavy atom. The highest BCUT2D eigenvalue weighted by atomic mass is 14.6. The van der Waals surface area contributed by atoms with E-state index < -0.39 is 0 Å². The molecule has 2 spiro atoms. The molecule has 0 atom stereocenters. The van der Waals surface area contributed by atoms with Gasteiger partial charge in [-0.1, -0.05) is 12.2 Å². The van der Waals surface area contributed by atoms with Crippen LogP contribution in [0.1, 0.15) is 32.1 Å². The third-order valence-electron chi connectivity index (χ3n) is 3.28. The van der Waals surface area contributed by atoms with E-state index in [0.717, 1.165) is 10.8 Å². The third kappa shape index (κ3) is 0.493. The second-order valence-corrected chi connectivity index (χ2v) is 4.23. The van der Waals surface area contributed by atoms with Crippen LogP contribution in [0.3, 0.4) is 0 Å². The van der Waals surface area contributed by atoms with Crippen molar-refractivity contribution in [3.63, 3.8) is 0 Å². The van der Waals surface area contributed by atoms with Crippen LogP contribution in [0.5, 0.6) is 0 Å². The standard InChI is InChI=1S/C9H12/c1-2-8(1)5-6-9(7-8)3-4-9/h5-6H,1-4,7H2. The largest absolute Gasteiger partial charge is 0.0817 e. The number of rotatable bonds is 0. The van der Waals surface area contributed by atoms with Gasteiger partial charge in [-0.3, -0.25) is 0 Å². The first-order valence-electron chi connectivity index (χ1n) is 4.03. The van der Waals surface area contributed by atoms with Gasteiger partial charge in [-0.15, -0.1) is 0 Å². The van der Waals surface area contributed by atoms with E-state index in [-0.39, 0.29) is 0 Å². The summed E-state index contributed by atoms with van der Waals surface area (Å²) < 4.78 is 0. The molecule has 0 aromatic rings. The molecule has 0 bridgehead atoms. The van der Waals surface area contributed by atoms with Gasteiger partial charge in [-0.05, 0) is 42.9 Å². The zero-order chi connectivity index (χ0) is 5.95. The third-order valence-corrected chi connectivity index (χ3v) is 3.28. The molecule has 0 nitrogen and oxygen atoms in total. The first-order valence-corrected chi connectivity index (χ1v) is 4.03. The van der Waals surface area contributed by atoms with Crippen LogP contribution in [-0.2, 0) is 0 Å².